The molecule has 2 aromatic carbocycles. The Morgan fingerprint density at radius 2 is 1.80 bits per heavy atom. The smallest absolute Gasteiger partial charge is 0.270 e. The van der Waals surface area contributed by atoms with Crippen LogP contribution in [0, 0.1) is 0 Å². The van der Waals surface area contributed by atoms with Gasteiger partial charge in [-0.15, -0.1) is 10.2 Å². The molecule has 0 radical (unpaired) electrons. The molecule has 0 unspecified atom stereocenters. The maximum Gasteiger partial charge on any atom is 0.270 e. The third-order valence-electron chi connectivity index (χ3n) is 4.57. The van der Waals surface area contributed by atoms with Gasteiger partial charge in [-0.2, -0.15) is 0 Å². The summed E-state index contributed by atoms with van der Waals surface area (Å²) in [5.41, 5.74) is 0.677. The predicted octanol–water partition coefficient (Wildman–Crippen LogP) is 3.37. The number of nitrogens with zero attached hydrogens (tertiary/aromatic N) is 2. The minimum absolute atomic E-state index is 0.108. The number of amides is 1. The van der Waals surface area contributed by atoms with Gasteiger partial charge in [0.1, 0.15) is 11.4 Å². The van der Waals surface area contributed by atoms with Gasteiger partial charge in [-0.25, -0.2) is 13.1 Å². The zero-order valence-electron chi connectivity index (χ0n) is 16.3. The average molecular weight is 445 g/mol. The van der Waals surface area contributed by atoms with E-state index in [-0.39, 0.29) is 15.4 Å². The van der Waals surface area contributed by atoms with Gasteiger partial charge in [0.05, 0.1) is 6.04 Å². The van der Waals surface area contributed by atoms with E-state index in [1.54, 1.807) is 30.3 Å². The summed E-state index contributed by atoms with van der Waals surface area (Å²) in [6, 6.07) is 15.4. The van der Waals surface area contributed by atoms with E-state index >= 15 is 0 Å². The molecule has 10 heteroatoms. The van der Waals surface area contributed by atoms with Gasteiger partial charge in [-0.1, -0.05) is 47.7 Å². The number of ether oxygens (including phenoxy) is 1. The lowest BCUT2D eigenvalue weighted by Gasteiger charge is -2.37. The zero-order valence-corrected chi connectivity index (χ0v) is 18.0. The Morgan fingerprint density at radius 1 is 1.10 bits per heavy atom. The third kappa shape index (κ3) is 4.35. The molecule has 8 nitrogen and oxygen atoms in total. The Labute approximate surface area is 178 Å². The molecule has 4 rings (SSSR count). The van der Waals surface area contributed by atoms with Crippen LogP contribution in [0.3, 0.4) is 0 Å². The molecule has 0 spiro atoms. The summed E-state index contributed by atoms with van der Waals surface area (Å²) >= 11 is 0.797. The van der Waals surface area contributed by atoms with Crippen molar-refractivity contribution in [1.29, 1.82) is 0 Å². The second-order valence-corrected chi connectivity index (χ2v) is 10.3. The first-order valence-electron chi connectivity index (χ1n) is 9.24. The fourth-order valence-electron chi connectivity index (χ4n) is 3.27. The van der Waals surface area contributed by atoms with E-state index in [1.165, 1.54) is 0 Å². The molecule has 1 amide bonds. The van der Waals surface area contributed by atoms with Crippen molar-refractivity contribution in [3.05, 3.63) is 65.7 Å². The van der Waals surface area contributed by atoms with Gasteiger partial charge >= 0.3 is 0 Å². The minimum Gasteiger partial charge on any atom is -0.487 e. The number of carbonyl (C=O) groups is 1. The number of sulfonamides is 1. The van der Waals surface area contributed by atoms with E-state index in [2.05, 4.69) is 20.2 Å². The molecule has 30 heavy (non-hydrogen) atoms. The molecule has 0 saturated heterocycles. The van der Waals surface area contributed by atoms with Crippen LogP contribution in [0.15, 0.2) is 58.9 Å². The standard InChI is InChI=1S/C20H20N4O4S2/c1-20(2)12-15(14-10-6-7-11-16(14)28-20)24-30(26,27)19-23-22-18(29-19)21-17(25)13-8-4-3-5-9-13/h3-11,15,24H,12H2,1-2H3,(H,21,22,25)/t15-/m0/s1. The number of hydrogen-bond acceptors (Lipinski definition) is 7. The van der Waals surface area contributed by atoms with Crippen molar-refractivity contribution in [2.24, 2.45) is 0 Å². The van der Waals surface area contributed by atoms with Crippen LogP contribution in [0.1, 0.15) is 42.2 Å². The number of rotatable bonds is 5. The Morgan fingerprint density at radius 3 is 2.57 bits per heavy atom. The van der Waals surface area contributed by atoms with Crippen molar-refractivity contribution in [1.82, 2.24) is 14.9 Å². The second-order valence-electron chi connectivity index (χ2n) is 7.47. The first-order valence-corrected chi connectivity index (χ1v) is 11.5. The van der Waals surface area contributed by atoms with Crippen molar-refractivity contribution >= 4 is 32.4 Å². The van der Waals surface area contributed by atoms with Crippen molar-refractivity contribution < 1.29 is 17.9 Å². The molecular weight excluding hydrogens is 424 g/mol. The molecule has 0 bridgehead atoms. The zero-order chi connectivity index (χ0) is 21.4. The molecule has 1 aromatic heterocycles. The Hall–Kier alpha value is -2.82. The molecule has 0 aliphatic carbocycles. The van der Waals surface area contributed by atoms with Gasteiger partial charge in [-0.05, 0) is 32.0 Å². The Balaban J connectivity index is 1.53. The number of para-hydroxylation sites is 1. The lowest BCUT2D eigenvalue weighted by atomic mass is 9.90. The predicted molar refractivity (Wildman–Crippen MR) is 113 cm³/mol. The van der Waals surface area contributed by atoms with Gasteiger partial charge in [0, 0.05) is 17.5 Å². The third-order valence-corrected chi connectivity index (χ3v) is 7.24. The monoisotopic (exact) mass is 444 g/mol. The fourth-order valence-corrected chi connectivity index (χ4v) is 5.40. The van der Waals surface area contributed by atoms with Gasteiger partial charge in [0.15, 0.2) is 0 Å². The van der Waals surface area contributed by atoms with Crippen LogP contribution in [0.5, 0.6) is 5.75 Å². The van der Waals surface area contributed by atoms with E-state index in [9.17, 15) is 13.2 Å². The average Bonchev–Trinajstić information content (AvgIpc) is 3.17. The number of carbonyl (C=O) groups excluding carboxylic acids is 1. The molecule has 0 saturated carbocycles. The van der Waals surface area contributed by atoms with E-state index in [0.717, 1.165) is 16.9 Å². The van der Waals surface area contributed by atoms with Gasteiger partial charge in [0.2, 0.25) is 9.47 Å². The summed E-state index contributed by atoms with van der Waals surface area (Å²) in [6.07, 6.45) is 0.458. The summed E-state index contributed by atoms with van der Waals surface area (Å²) < 4.78 is 34.3. The van der Waals surface area contributed by atoms with E-state index in [4.69, 9.17) is 4.74 Å². The number of hydrogen-bond donors (Lipinski definition) is 2. The number of benzene rings is 2. The van der Waals surface area contributed by atoms with Crippen molar-refractivity contribution in [2.45, 2.75) is 36.3 Å². The highest BCUT2D eigenvalue weighted by molar-refractivity contribution is 7.91. The summed E-state index contributed by atoms with van der Waals surface area (Å²) in [6.45, 7) is 3.82. The largest absolute Gasteiger partial charge is 0.487 e. The van der Waals surface area contributed by atoms with Crippen molar-refractivity contribution in [2.75, 3.05) is 5.32 Å². The molecule has 3 aromatic rings. The van der Waals surface area contributed by atoms with Crippen LogP contribution < -0.4 is 14.8 Å². The van der Waals surface area contributed by atoms with Crippen LogP contribution in [-0.4, -0.2) is 30.1 Å². The topological polar surface area (TPSA) is 110 Å². The molecule has 0 fully saturated rings. The molecule has 1 aliphatic rings. The van der Waals surface area contributed by atoms with E-state index in [0.29, 0.717) is 17.7 Å². The first kappa shape index (κ1) is 20.5. The van der Waals surface area contributed by atoms with Gasteiger partial charge < -0.3 is 4.74 Å². The Bertz CT molecular complexity index is 1180. The fraction of sp³-hybridized carbons (Fsp3) is 0.250. The molecule has 2 N–H and O–H groups in total. The highest BCUT2D eigenvalue weighted by atomic mass is 32.2. The summed E-state index contributed by atoms with van der Waals surface area (Å²) in [4.78, 5) is 12.2. The summed E-state index contributed by atoms with van der Waals surface area (Å²) in [7, 11) is -3.94. The summed E-state index contributed by atoms with van der Waals surface area (Å²) in [5, 5.41) is 10.3. The minimum atomic E-state index is -3.94. The highest BCUT2D eigenvalue weighted by Crippen LogP contribution is 2.40. The molecule has 1 aliphatic heterocycles. The van der Waals surface area contributed by atoms with Crippen molar-refractivity contribution in [3.63, 3.8) is 0 Å². The number of aromatic nitrogens is 2. The number of nitrogens with one attached hydrogen (secondary N) is 2. The lowest BCUT2D eigenvalue weighted by molar-refractivity contribution is 0.0702. The first-order chi connectivity index (χ1) is 14.2. The maximum absolute atomic E-state index is 12.9. The molecule has 156 valence electrons. The quantitative estimate of drug-likeness (QED) is 0.584. The molecule has 2 heterocycles. The Kier molecular flexibility index (Phi) is 5.31. The second kappa shape index (κ2) is 7.78. The molecule has 1 atom stereocenters. The number of fused-ring (bicyclic) bond motifs is 1. The van der Waals surface area contributed by atoms with Crippen LogP contribution in [0.25, 0.3) is 0 Å². The SMILES string of the molecule is CC1(C)C[C@H](NS(=O)(=O)c2nnc(NC(=O)c3ccccc3)s2)c2ccccc2O1. The van der Waals surface area contributed by atoms with Gasteiger partial charge in [0.25, 0.3) is 15.9 Å². The van der Waals surface area contributed by atoms with Crippen LogP contribution in [0.2, 0.25) is 0 Å². The van der Waals surface area contributed by atoms with E-state index in [1.807, 2.05) is 38.1 Å². The highest BCUT2D eigenvalue weighted by Gasteiger charge is 2.36. The normalized spacial score (nSPS) is 17.6. The van der Waals surface area contributed by atoms with Crippen LogP contribution in [0.4, 0.5) is 5.13 Å². The molecular formula is C20H20N4O4S2. The lowest BCUT2D eigenvalue weighted by Crippen LogP contribution is -2.41. The van der Waals surface area contributed by atoms with Crippen LogP contribution >= 0.6 is 11.3 Å². The van der Waals surface area contributed by atoms with E-state index < -0.39 is 21.7 Å². The van der Waals surface area contributed by atoms with Crippen molar-refractivity contribution in [3.8, 4) is 5.75 Å². The summed E-state index contributed by atoms with van der Waals surface area (Å²) in [5.74, 6) is 0.262. The van der Waals surface area contributed by atoms with Gasteiger partial charge in [-0.3, -0.25) is 10.1 Å². The van der Waals surface area contributed by atoms with Crippen LogP contribution in [-0.2, 0) is 10.0 Å². The maximum atomic E-state index is 12.9. The number of anilines is 1.